The van der Waals surface area contributed by atoms with Crippen LogP contribution in [0.2, 0.25) is 0 Å². The van der Waals surface area contributed by atoms with E-state index >= 15 is 0 Å². The third-order valence-corrected chi connectivity index (χ3v) is 4.11. The lowest BCUT2D eigenvalue weighted by molar-refractivity contribution is -0.0654. The Hall–Kier alpha value is -1.49. The van der Waals surface area contributed by atoms with Crippen LogP contribution in [0, 0.1) is 0 Å². The van der Waals surface area contributed by atoms with Gasteiger partial charge in [0.1, 0.15) is 0 Å². The molecule has 1 fully saturated rings. The summed E-state index contributed by atoms with van der Waals surface area (Å²) < 4.78 is 5.88. The second kappa shape index (κ2) is 5.87. The van der Waals surface area contributed by atoms with Crippen molar-refractivity contribution in [3.05, 3.63) is 42.2 Å². The number of benzene rings is 1. The molecular formula is C16H21N3O. The molecule has 4 heteroatoms. The third kappa shape index (κ3) is 2.30. The maximum Gasteiger partial charge on any atom is 0.0895 e. The maximum absolute atomic E-state index is 5.92. The van der Waals surface area contributed by atoms with Crippen LogP contribution in [0.15, 0.2) is 36.7 Å². The van der Waals surface area contributed by atoms with Crippen molar-refractivity contribution in [2.24, 2.45) is 5.73 Å². The predicted octanol–water partition coefficient (Wildman–Crippen LogP) is 1.96. The zero-order valence-corrected chi connectivity index (χ0v) is 11.8. The SMILES string of the molecule is CCN1CCOC(CN)C1c1cncc2ccccc12. The molecule has 0 aliphatic carbocycles. The van der Waals surface area contributed by atoms with E-state index in [2.05, 4.69) is 35.0 Å². The largest absolute Gasteiger partial charge is 0.374 e. The Labute approximate surface area is 119 Å². The van der Waals surface area contributed by atoms with E-state index in [1.165, 1.54) is 16.3 Å². The highest BCUT2D eigenvalue weighted by molar-refractivity contribution is 5.85. The van der Waals surface area contributed by atoms with Crippen LogP contribution in [0.1, 0.15) is 18.5 Å². The van der Waals surface area contributed by atoms with Gasteiger partial charge in [0.2, 0.25) is 0 Å². The van der Waals surface area contributed by atoms with Gasteiger partial charge in [-0.15, -0.1) is 0 Å². The van der Waals surface area contributed by atoms with Crippen LogP contribution in [0.4, 0.5) is 0 Å². The molecule has 0 saturated carbocycles. The van der Waals surface area contributed by atoms with Crippen LogP contribution in [-0.4, -0.2) is 42.2 Å². The Morgan fingerprint density at radius 3 is 3.00 bits per heavy atom. The highest BCUT2D eigenvalue weighted by Gasteiger charge is 2.32. The highest BCUT2D eigenvalue weighted by atomic mass is 16.5. The minimum absolute atomic E-state index is 0.0382. The smallest absolute Gasteiger partial charge is 0.0895 e. The Balaban J connectivity index is 2.10. The van der Waals surface area contributed by atoms with Gasteiger partial charge in [0.15, 0.2) is 0 Å². The molecule has 1 aliphatic rings. The van der Waals surface area contributed by atoms with Crippen LogP contribution in [0.25, 0.3) is 10.8 Å². The second-order valence-electron chi connectivity index (χ2n) is 5.17. The summed E-state index contributed by atoms with van der Waals surface area (Å²) in [5.41, 5.74) is 7.14. The number of pyridine rings is 1. The van der Waals surface area contributed by atoms with Gasteiger partial charge in [0.25, 0.3) is 0 Å². The fourth-order valence-electron chi connectivity index (χ4n) is 3.11. The average Bonchev–Trinajstić information content (AvgIpc) is 2.53. The summed E-state index contributed by atoms with van der Waals surface area (Å²) in [5.74, 6) is 0. The summed E-state index contributed by atoms with van der Waals surface area (Å²) in [6, 6.07) is 8.57. The van der Waals surface area contributed by atoms with Gasteiger partial charge in [-0.05, 0) is 17.5 Å². The van der Waals surface area contributed by atoms with Crippen LogP contribution in [-0.2, 0) is 4.74 Å². The topological polar surface area (TPSA) is 51.4 Å². The maximum atomic E-state index is 5.92. The van der Waals surface area contributed by atoms with Crippen molar-refractivity contribution in [1.29, 1.82) is 0 Å². The van der Waals surface area contributed by atoms with Crippen LogP contribution in [0.5, 0.6) is 0 Å². The molecule has 1 aliphatic heterocycles. The van der Waals surface area contributed by atoms with Crippen molar-refractivity contribution < 1.29 is 4.74 Å². The summed E-state index contributed by atoms with van der Waals surface area (Å²) in [6.45, 7) is 5.41. The molecule has 1 aromatic heterocycles. The molecule has 3 rings (SSSR count). The third-order valence-electron chi connectivity index (χ3n) is 4.11. The number of hydrogen-bond acceptors (Lipinski definition) is 4. The van der Waals surface area contributed by atoms with Gasteiger partial charge in [-0.3, -0.25) is 9.88 Å². The highest BCUT2D eigenvalue weighted by Crippen LogP contribution is 2.33. The molecule has 0 spiro atoms. The van der Waals surface area contributed by atoms with E-state index in [0.717, 1.165) is 19.7 Å². The Bertz CT molecular complexity index is 569. The number of nitrogens with two attached hydrogens (primary N) is 1. The molecular weight excluding hydrogens is 250 g/mol. The first-order valence-corrected chi connectivity index (χ1v) is 7.23. The van der Waals surface area contributed by atoms with E-state index < -0.39 is 0 Å². The van der Waals surface area contributed by atoms with Gasteiger partial charge in [-0.2, -0.15) is 0 Å². The summed E-state index contributed by atoms with van der Waals surface area (Å²) in [4.78, 5) is 6.84. The standard InChI is InChI=1S/C16H21N3O/c1-2-19-7-8-20-15(9-17)16(19)14-11-18-10-12-5-3-4-6-13(12)14/h3-6,10-11,15-16H,2,7-9,17H2,1H3. The number of ether oxygens (including phenoxy) is 1. The minimum Gasteiger partial charge on any atom is -0.374 e. The molecule has 0 amide bonds. The monoisotopic (exact) mass is 271 g/mol. The van der Waals surface area contributed by atoms with Crippen molar-refractivity contribution in [1.82, 2.24) is 9.88 Å². The summed E-state index contributed by atoms with van der Waals surface area (Å²) in [7, 11) is 0. The Kier molecular flexibility index (Phi) is 3.96. The number of nitrogens with zero attached hydrogens (tertiary/aromatic N) is 2. The van der Waals surface area contributed by atoms with E-state index in [0.29, 0.717) is 6.54 Å². The lowest BCUT2D eigenvalue weighted by Crippen LogP contribution is -2.48. The first-order valence-electron chi connectivity index (χ1n) is 7.23. The molecule has 2 N–H and O–H groups in total. The number of hydrogen-bond donors (Lipinski definition) is 1. The normalized spacial score (nSPS) is 24.1. The molecule has 2 atom stereocenters. The molecule has 106 valence electrons. The fraction of sp³-hybridized carbons (Fsp3) is 0.438. The number of likely N-dealkylation sites (N-methyl/N-ethyl adjacent to an activating group) is 1. The Morgan fingerprint density at radius 2 is 2.20 bits per heavy atom. The quantitative estimate of drug-likeness (QED) is 0.927. The summed E-state index contributed by atoms with van der Waals surface area (Å²) in [5, 5.41) is 2.41. The van der Waals surface area contributed by atoms with E-state index in [1.807, 2.05) is 18.5 Å². The van der Waals surface area contributed by atoms with Crippen molar-refractivity contribution in [2.45, 2.75) is 19.1 Å². The van der Waals surface area contributed by atoms with Gasteiger partial charge in [-0.25, -0.2) is 0 Å². The zero-order chi connectivity index (χ0) is 13.9. The molecule has 4 nitrogen and oxygen atoms in total. The molecule has 1 saturated heterocycles. The molecule has 20 heavy (non-hydrogen) atoms. The van der Waals surface area contributed by atoms with Gasteiger partial charge < -0.3 is 10.5 Å². The number of aromatic nitrogens is 1. The average molecular weight is 271 g/mol. The predicted molar refractivity (Wildman–Crippen MR) is 80.5 cm³/mol. The molecule has 2 heterocycles. The number of rotatable bonds is 3. The van der Waals surface area contributed by atoms with Gasteiger partial charge >= 0.3 is 0 Å². The van der Waals surface area contributed by atoms with Crippen LogP contribution in [0.3, 0.4) is 0 Å². The first kappa shape index (κ1) is 13.5. The van der Waals surface area contributed by atoms with Crippen molar-refractivity contribution >= 4 is 10.8 Å². The van der Waals surface area contributed by atoms with Crippen molar-refractivity contribution in [2.75, 3.05) is 26.2 Å². The molecule has 0 bridgehead atoms. The van der Waals surface area contributed by atoms with E-state index in [1.54, 1.807) is 0 Å². The molecule has 2 unspecified atom stereocenters. The van der Waals surface area contributed by atoms with E-state index in [4.69, 9.17) is 10.5 Å². The number of fused-ring (bicyclic) bond motifs is 1. The van der Waals surface area contributed by atoms with Crippen LogP contribution >= 0.6 is 0 Å². The lowest BCUT2D eigenvalue weighted by atomic mass is 9.95. The van der Waals surface area contributed by atoms with Gasteiger partial charge in [0, 0.05) is 30.9 Å². The van der Waals surface area contributed by atoms with E-state index in [-0.39, 0.29) is 12.1 Å². The Morgan fingerprint density at radius 1 is 1.35 bits per heavy atom. The van der Waals surface area contributed by atoms with E-state index in [9.17, 15) is 0 Å². The minimum atomic E-state index is 0.0382. The fourth-order valence-corrected chi connectivity index (χ4v) is 3.11. The van der Waals surface area contributed by atoms with Crippen molar-refractivity contribution in [3.8, 4) is 0 Å². The zero-order valence-electron chi connectivity index (χ0n) is 11.8. The van der Waals surface area contributed by atoms with Crippen LogP contribution < -0.4 is 5.73 Å². The summed E-state index contributed by atoms with van der Waals surface area (Å²) >= 11 is 0. The summed E-state index contributed by atoms with van der Waals surface area (Å²) in [6.07, 6.45) is 3.92. The van der Waals surface area contributed by atoms with Gasteiger partial charge in [0.05, 0.1) is 18.8 Å². The lowest BCUT2D eigenvalue weighted by Gasteiger charge is -2.40. The molecule has 1 aromatic carbocycles. The van der Waals surface area contributed by atoms with Gasteiger partial charge in [-0.1, -0.05) is 31.2 Å². The number of morpholine rings is 1. The molecule has 2 aromatic rings. The first-order chi connectivity index (χ1) is 9.85. The van der Waals surface area contributed by atoms with Crippen molar-refractivity contribution in [3.63, 3.8) is 0 Å². The molecule has 0 radical (unpaired) electrons. The second-order valence-corrected chi connectivity index (χ2v) is 5.17.